The van der Waals surface area contributed by atoms with E-state index in [0.717, 1.165) is 13.2 Å². The molecule has 0 aliphatic rings. The monoisotopic (exact) mass is 298 g/mol. The summed E-state index contributed by atoms with van der Waals surface area (Å²) in [6.07, 6.45) is -9.11. The average molecular weight is 298 g/mol. The van der Waals surface area contributed by atoms with Crippen molar-refractivity contribution in [2.75, 3.05) is 7.11 Å². The number of nitrogens with zero attached hydrogens (tertiary/aromatic N) is 1. The maximum absolute atomic E-state index is 12.9. The number of nitrogens with two attached hydrogens (primary N) is 1. The maximum atomic E-state index is 12.9. The molecule has 0 aliphatic heterocycles. The number of alkyl halides is 5. The Kier molecular flexibility index (Phi) is 4.98. The van der Waals surface area contributed by atoms with Crippen LogP contribution in [0.4, 0.5) is 22.0 Å². The number of rotatable bonds is 4. The van der Waals surface area contributed by atoms with E-state index in [1.54, 1.807) is 0 Å². The summed E-state index contributed by atoms with van der Waals surface area (Å²) in [6.45, 7) is -0.429. The largest absolute Gasteiger partial charge is 0.469 e. The second-order valence-electron chi connectivity index (χ2n) is 3.79. The third-order valence-corrected chi connectivity index (χ3v) is 2.47. The van der Waals surface area contributed by atoms with Crippen LogP contribution in [0.1, 0.15) is 28.9 Å². The summed E-state index contributed by atoms with van der Waals surface area (Å²) in [5.41, 5.74) is 1.46. The standard InChI is InChI=1S/C11H11F5N2O2/c1-20-8(19)3-6-7(10(12)13)2-5(4-17)18-9(6)11(14,15)16/h2,10H,3-4,17H2,1H3. The normalized spacial score (nSPS) is 11.8. The number of carbonyl (C=O) groups is 1. The Labute approximate surface area is 110 Å². The highest BCUT2D eigenvalue weighted by Gasteiger charge is 2.38. The lowest BCUT2D eigenvalue weighted by molar-refractivity contribution is -0.143. The summed E-state index contributed by atoms with van der Waals surface area (Å²) in [4.78, 5) is 14.3. The van der Waals surface area contributed by atoms with Crippen molar-refractivity contribution in [1.29, 1.82) is 0 Å². The number of hydrogen-bond donors (Lipinski definition) is 1. The molecule has 0 fully saturated rings. The van der Waals surface area contributed by atoms with Gasteiger partial charge in [0.2, 0.25) is 0 Å². The number of carbonyl (C=O) groups excluding carboxylic acids is 1. The topological polar surface area (TPSA) is 65.2 Å². The van der Waals surface area contributed by atoms with Crippen molar-refractivity contribution in [2.45, 2.75) is 25.6 Å². The molecule has 4 nitrogen and oxygen atoms in total. The molecule has 0 radical (unpaired) electrons. The quantitative estimate of drug-likeness (QED) is 0.683. The zero-order valence-electron chi connectivity index (χ0n) is 10.3. The zero-order valence-corrected chi connectivity index (χ0v) is 10.3. The third kappa shape index (κ3) is 3.62. The van der Waals surface area contributed by atoms with Gasteiger partial charge in [0.05, 0.1) is 19.2 Å². The molecule has 1 aromatic heterocycles. The SMILES string of the molecule is COC(=O)Cc1c(C(F)F)cc(CN)nc1C(F)(F)F. The second kappa shape index (κ2) is 6.12. The van der Waals surface area contributed by atoms with Crippen LogP contribution in [0.5, 0.6) is 0 Å². The number of aromatic nitrogens is 1. The Bertz CT molecular complexity index is 502. The van der Waals surface area contributed by atoms with Crippen LogP contribution in [-0.2, 0) is 28.7 Å². The summed E-state index contributed by atoms with van der Waals surface area (Å²) in [7, 11) is 0.944. The Morgan fingerprint density at radius 3 is 2.45 bits per heavy atom. The van der Waals surface area contributed by atoms with Crippen LogP contribution < -0.4 is 5.73 Å². The van der Waals surface area contributed by atoms with E-state index in [1.807, 2.05) is 0 Å². The van der Waals surface area contributed by atoms with E-state index in [4.69, 9.17) is 5.73 Å². The molecule has 0 atom stereocenters. The van der Waals surface area contributed by atoms with Gasteiger partial charge in [-0.3, -0.25) is 4.79 Å². The van der Waals surface area contributed by atoms with Crippen molar-refractivity contribution in [1.82, 2.24) is 4.98 Å². The first kappa shape index (κ1) is 16.3. The van der Waals surface area contributed by atoms with Crippen molar-refractivity contribution >= 4 is 5.97 Å². The van der Waals surface area contributed by atoms with Gasteiger partial charge in [-0.25, -0.2) is 13.8 Å². The second-order valence-corrected chi connectivity index (χ2v) is 3.79. The molecule has 9 heteroatoms. The van der Waals surface area contributed by atoms with E-state index >= 15 is 0 Å². The number of esters is 1. The molecular formula is C11H11F5N2O2. The number of hydrogen-bond acceptors (Lipinski definition) is 4. The van der Waals surface area contributed by atoms with E-state index in [-0.39, 0.29) is 5.69 Å². The fourth-order valence-electron chi connectivity index (χ4n) is 1.58. The van der Waals surface area contributed by atoms with Crippen LogP contribution in [0.2, 0.25) is 0 Å². The van der Waals surface area contributed by atoms with Gasteiger partial charge < -0.3 is 10.5 Å². The highest BCUT2D eigenvalue weighted by atomic mass is 19.4. The van der Waals surface area contributed by atoms with Crippen LogP contribution in [0.3, 0.4) is 0 Å². The molecule has 0 aromatic carbocycles. The smallest absolute Gasteiger partial charge is 0.433 e. The summed E-state index contributed by atoms with van der Waals surface area (Å²) in [5, 5.41) is 0. The Balaban J connectivity index is 3.52. The van der Waals surface area contributed by atoms with E-state index in [2.05, 4.69) is 9.72 Å². The van der Waals surface area contributed by atoms with Gasteiger partial charge in [0.25, 0.3) is 6.43 Å². The molecule has 0 unspecified atom stereocenters. The van der Waals surface area contributed by atoms with Gasteiger partial charge in [-0.05, 0) is 6.07 Å². The van der Waals surface area contributed by atoms with E-state index in [1.165, 1.54) is 0 Å². The van der Waals surface area contributed by atoms with E-state index in [9.17, 15) is 26.7 Å². The van der Waals surface area contributed by atoms with Crippen molar-refractivity contribution in [3.05, 3.63) is 28.6 Å². The summed E-state index contributed by atoms with van der Waals surface area (Å²) in [6, 6.07) is 0.762. The van der Waals surface area contributed by atoms with Crippen LogP contribution in [0.15, 0.2) is 6.07 Å². The molecule has 112 valence electrons. The van der Waals surface area contributed by atoms with Gasteiger partial charge in [0, 0.05) is 17.7 Å². The molecule has 0 aliphatic carbocycles. The van der Waals surface area contributed by atoms with Gasteiger partial charge in [-0.15, -0.1) is 0 Å². The molecule has 0 saturated heterocycles. The van der Waals surface area contributed by atoms with Gasteiger partial charge in [-0.1, -0.05) is 0 Å². The predicted molar refractivity (Wildman–Crippen MR) is 57.8 cm³/mol. The lowest BCUT2D eigenvalue weighted by Gasteiger charge is -2.16. The molecule has 1 aromatic rings. The lowest BCUT2D eigenvalue weighted by Crippen LogP contribution is -2.20. The van der Waals surface area contributed by atoms with Crippen LogP contribution in [0.25, 0.3) is 0 Å². The lowest BCUT2D eigenvalue weighted by atomic mass is 10.0. The molecule has 0 spiro atoms. The highest BCUT2D eigenvalue weighted by molar-refractivity contribution is 5.73. The molecule has 2 N–H and O–H groups in total. The molecule has 1 heterocycles. The minimum Gasteiger partial charge on any atom is -0.469 e. The molecule has 0 saturated carbocycles. The van der Waals surface area contributed by atoms with Crippen LogP contribution in [-0.4, -0.2) is 18.1 Å². The van der Waals surface area contributed by atoms with E-state index in [0.29, 0.717) is 0 Å². The number of pyridine rings is 1. The molecule has 0 amide bonds. The fraction of sp³-hybridized carbons (Fsp3) is 0.455. The number of methoxy groups -OCH3 is 1. The van der Waals surface area contributed by atoms with Crippen molar-refractivity contribution in [3.8, 4) is 0 Å². The van der Waals surface area contributed by atoms with E-state index < -0.39 is 48.4 Å². The first-order chi connectivity index (χ1) is 9.20. The van der Waals surface area contributed by atoms with Crippen molar-refractivity contribution < 1.29 is 31.5 Å². The minimum atomic E-state index is -4.97. The van der Waals surface area contributed by atoms with Gasteiger partial charge in [0.1, 0.15) is 5.69 Å². The predicted octanol–water partition coefficient (Wildman–Crippen LogP) is 2.21. The van der Waals surface area contributed by atoms with Crippen molar-refractivity contribution in [3.63, 3.8) is 0 Å². The highest BCUT2D eigenvalue weighted by Crippen LogP contribution is 2.35. The minimum absolute atomic E-state index is 0.332. The summed E-state index contributed by atoms with van der Waals surface area (Å²) >= 11 is 0. The molecule has 1 rings (SSSR count). The fourth-order valence-corrected chi connectivity index (χ4v) is 1.58. The molecular weight excluding hydrogens is 287 g/mol. The Morgan fingerprint density at radius 1 is 1.45 bits per heavy atom. The van der Waals surface area contributed by atoms with Gasteiger partial charge in [0.15, 0.2) is 0 Å². The zero-order chi connectivity index (χ0) is 15.5. The van der Waals surface area contributed by atoms with Crippen LogP contribution >= 0.6 is 0 Å². The first-order valence-corrected chi connectivity index (χ1v) is 5.35. The maximum Gasteiger partial charge on any atom is 0.433 e. The molecule has 0 bridgehead atoms. The van der Waals surface area contributed by atoms with Gasteiger partial charge in [-0.2, -0.15) is 13.2 Å². The molecule has 20 heavy (non-hydrogen) atoms. The van der Waals surface area contributed by atoms with Crippen LogP contribution in [0, 0.1) is 0 Å². The number of ether oxygens (including phenoxy) is 1. The average Bonchev–Trinajstić information content (AvgIpc) is 2.36. The third-order valence-electron chi connectivity index (χ3n) is 2.47. The number of halogens is 5. The summed E-state index contributed by atoms with van der Waals surface area (Å²) < 4.78 is 68.6. The first-order valence-electron chi connectivity index (χ1n) is 5.35. The van der Waals surface area contributed by atoms with Crippen molar-refractivity contribution in [2.24, 2.45) is 5.73 Å². The Morgan fingerprint density at radius 2 is 2.05 bits per heavy atom. The van der Waals surface area contributed by atoms with Gasteiger partial charge >= 0.3 is 12.1 Å². The Hall–Kier alpha value is -1.77. The summed E-state index contributed by atoms with van der Waals surface area (Å²) in [5.74, 6) is -1.07.